The Kier molecular flexibility index (Phi) is 6.35. The third-order valence-electron chi connectivity index (χ3n) is 3.41. The number of hydrogen-bond donors (Lipinski definition) is 1. The number of carbonyl (C=O) groups excluding carboxylic acids is 1. The van der Waals surface area contributed by atoms with E-state index in [0.717, 1.165) is 22.0 Å². The summed E-state index contributed by atoms with van der Waals surface area (Å²) < 4.78 is 10.7. The van der Waals surface area contributed by atoms with Gasteiger partial charge in [-0.2, -0.15) is 0 Å². The smallest absolute Gasteiger partial charge is 0.251 e. The van der Waals surface area contributed by atoms with Crippen LogP contribution in [0.1, 0.15) is 15.9 Å². The summed E-state index contributed by atoms with van der Waals surface area (Å²) in [7, 11) is 1.62. The molecule has 2 aromatic carbocycles. The maximum atomic E-state index is 12.2. The zero-order valence-corrected chi connectivity index (χ0v) is 14.4. The van der Waals surface area contributed by atoms with E-state index in [0.29, 0.717) is 18.7 Å². The summed E-state index contributed by atoms with van der Waals surface area (Å²) in [5.41, 5.74) is 1.68. The molecule has 23 heavy (non-hydrogen) atoms. The van der Waals surface area contributed by atoms with Crippen LogP contribution in [0.15, 0.2) is 47.4 Å². The average Bonchev–Trinajstić information content (AvgIpc) is 2.59. The van der Waals surface area contributed by atoms with E-state index in [1.807, 2.05) is 55.6 Å². The third kappa shape index (κ3) is 4.93. The second kappa shape index (κ2) is 8.48. The first-order chi connectivity index (χ1) is 11.1. The highest BCUT2D eigenvalue weighted by molar-refractivity contribution is 7.98. The van der Waals surface area contributed by atoms with Crippen molar-refractivity contribution < 1.29 is 14.3 Å². The largest absolute Gasteiger partial charge is 0.497 e. The molecule has 0 bridgehead atoms. The predicted octanol–water partition coefficient (Wildman–Crippen LogP) is 3.53. The molecule has 0 aliphatic rings. The molecule has 2 aromatic rings. The van der Waals surface area contributed by atoms with Gasteiger partial charge >= 0.3 is 0 Å². The number of rotatable bonds is 7. The molecule has 2 rings (SSSR count). The number of benzene rings is 2. The van der Waals surface area contributed by atoms with E-state index in [4.69, 9.17) is 9.47 Å². The zero-order chi connectivity index (χ0) is 16.7. The molecule has 0 saturated carbocycles. The molecule has 0 spiro atoms. The standard InChI is InChI=1S/C18H21NO3S/c1-13-4-9-16(23-3)12-17(13)18(20)19-10-11-22-15-7-5-14(21-2)6-8-15/h4-9,12H,10-11H2,1-3H3,(H,19,20). The second-order valence-electron chi connectivity index (χ2n) is 4.96. The Morgan fingerprint density at radius 2 is 1.83 bits per heavy atom. The number of amides is 1. The van der Waals surface area contributed by atoms with E-state index in [2.05, 4.69) is 5.32 Å². The first kappa shape index (κ1) is 17.2. The van der Waals surface area contributed by atoms with Crippen molar-refractivity contribution in [2.75, 3.05) is 26.5 Å². The summed E-state index contributed by atoms with van der Waals surface area (Å²) in [4.78, 5) is 13.3. The molecule has 0 aliphatic carbocycles. The predicted molar refractivity (Wildman–Crippen MR) is 93.8 cm³/mol. The molecule has 0 fully saturated rings. The minimum Gasteiger partial charge on any atom is -0.497 e. The zero-order valence-electron chi connectivity index (χ0n) is 13.6. The molecular weight excluding hydrogens is 310 g/mol. The molecule has 122 valence electrons. The van der Waals surface area contributed by atoms with Gasteiger partial charge in [0.05, 0.1) is 13.7 Å². The summed E-state index contributed by atoms with van der Waals surface area (Å²) >= 11 is 1.62. The number of hydrogen-bond acceptors (Lipinski definition) is 4. The van der Waals surface area contributed by atoms with Gasteiger partial charge < -0.3 is 14.8 Å². The lowest BCUT2D eigenvalue weighted by molar-refractivity contribution is 0.0946. The van der Waals surface area contributed by atoms with Gasteiger partial charge in [0.2, 0.25) is 0 Å². The van der Waals surface area contributed by atoms with Crippen molar-refractivity contribution in [3.63, 3.8) is 0 Å². The van der Waals surface area contributed by atoms with Gasteiger partial charge in [0.1, 0.15) is 18.1 Å². The highest BCUT2D eigenvalue weighted by Gasteiger charge is 2.09. The molecule has 5 heteroatoms. The second-order valence-corrected chi connectivity index (χ2v) is 5.84. The fraction of sp³-hybridized carbons (Fsp3) is 0.278. The number of methoxy groups -OCH3 is 1. The van der Waals surface area contributed by atoms with Gasteiger partial charge in [0.25, 0.3) is 5.91 Å². The van der Waals surface area contributed by atoms with Crippen molar-refractivity contribution in [3.8, 4) is 11.5 Å². The van der Waals surface area contributed by atoms with Gasteiger partial charge in [-0.3, -0.25) is 4.79 Å². The van der Waals surface area contributed by atoms with Crippen molar-refractivity contribution in [2.24, 2.45) is 0 Å². The lowest BCUT2D eigenvalue weighted by Gasteiger charge is -2.10. The summed E-state index contributed by atoms with van der Waals surface area (Å²) in [6, 6.07) is 13.3. The third-order valence-corrected chi connectivity index (χ3v) is 4.13. The minimum atomic E-state index is -0.0725. The summed E-state index contributed by atoms with van der Waals surface area (Å²) in [6.45, 7) is 2.81. The summed E-state index contributed by atoms with van der Waals surface area (Å²) in [6.07, 6.45) is 2.00. The number of thioether (sulfide) groups is 1. The quantitative estimate of drug-likeness (QED) is 0.623. The lowest BCUT2D eigenvalue weighted by Crippen LogP contribution is -2.28. The molecule has 1 amide bonds. The Hall–Kier alpha value is -2.14. The Labute approximate surface area is 141 Å². The topological polar surface area (TPSA) is 47.6 Å². The minimum absolute atomic E-state index is 0.0725. The molecule has 0 aromatic heterocycles. The molecule has 0 aliphatic heterocycles. The highest BCUT2D eigenvalue weighted by Crippen LogP contribution is 2.19. The number of aryl methyl sites for hydroxylation is 1. The van der Waals surface area contributed by atoms with Crippen LogP contribution in [-0.4, -0.2) is 32.4 Å². The average molecular weight is 331 g/mol. The maximum Gasteiger partial charge on any atom is 0.251 e. The molecule has 1 N–H and O–H groups in total. The molecule has 4 nitrogen and oxygen atoms in total. The van der Waals surface area contributed by atoms with Gasteiger partial charge in [0.15, 0.2) is 0 Å². The Bertz CT molecular complexity index is 656. The first-order valence-corrected chi connectivity index (χ1v) is 8.56. The molecule has 0 heterocycles. The fourth-order valence-corrected chi connectivity index (χ4v) is 2.51. The van der Waals surface area contributed by atoms with Crippen molar-refractivity contribution in [2.45, 2.75) is 11.8 Å². The van der Waals surface area contributed by atoms with Gasteiger partial charge in [0, 0.05) is 10.5 Å². The van der Waals surface area contributed by atoms with Gasteiger partial charge in [-0.15, -0.1) is 11.8 Å². The van der Waals surface area contributed by atoms with Crippen LogP contribution in [0.25, 0.3) is 0 Å². The highest BCUT2D eigenvalue weighted by atomic mass is 32.2. The van der Waals surface area contributed by atoms with Crippen LogP contribution in [0.4, 0.5) is 0 Å². The van der Waals surface area contributed by atoms with Crippen LogP contribution in [0.3, 0.4) is 0 Å². The number of carbonyl (C=O) groups is 1. The molecule has 0 saturated heterocycles. The number of ether oxygens (including phenoxy) is 2. The van der Waals surface area contributed by atoms with Gasteiger partial charge in [-0.1, -0.05) is 6.07 Å². The van der Waals surface area contributed by atoms with E-state index in [1.165, 1.54) is 0 Å². The van der Waals surface area contributed by atoms with E-state index < -0.39 is 0 Å². The Balaban J connectivity index is 1.82. The maximum absolute atomic E-state index is 12.2. The Morgan fingerprint density at radius 3 is 2.48 bits per heavy atom. The summed E-state index contributed by atoms with van der Waals surface area (Å²) in [5.74, 6) is 1.46. The van der Waals surface area contributed by atoms with Gasteiger partial charge in [-0.25, -0.2) is 0 Å². The van der Waals surface area contributed by atoms with E-state index in [1.54, 1.807) is 18.9 Å². The SMILES string of the molecule is COc1ccc(OCCNC(=O)c2cc(SC)ccc2C)cc1. The van der Waals surface area contributed by atoms with E-state index in [-0.39, 0.29) is 5.91 Å². The van der Waals surface area contributed by atoms with Crippen LogP contribution in [0, 0.1) is 6.92 Å². The lowest BCUT2D eigenvalue weighted by atomic mass is 10.1. The molecule has 0 unspecified atom stereocenters. The van der Waals surface area contributed by atoms with E-state index >= 15 is 0 Å². The van der Waals surface area contributed by atoms with Gasteiger partial charge in [-0.05, 0) is 55.1 Å². The van der Waals surface area contributed by atoms with Crippen LogP contribution in [0.2, 0.25) is 0 Å². The summed E-state index contributed by atoms with van der Waals surface area (Å²) in [5, 5.41) is 2.89. The van der Waals surface area contributed by atoms with Crippen LogP contribution < -0.4 is 14.8 Å². The van der Waals surface area contributed by atoms with Crippen LogP contribution in [0.5, 0.6) is 11.5 Å². The first-order valence-electron chi connectivity index (χ1n) is 7.33. The van der Waals surface area contributed by atoms with Crippen molar-refractivity contribution in [3.05, 3.63) is 53.6 Å². The molecular formula is C18H21NO3S. The van der Waals surface area contributed by atoms with E-state index in [9.17, 15) is 4.79 Å². The fourth-order valence-electron chi connectivity index (χ4n) is 2.07. The Morgan fingerprint density at radius 1 is 1.13 bits per heavy atom. The van der Waals surface area contributed by atoms with Crippen molar-refractivity contribution >= 4 is 17.7 Å². The normalized spacial score (nSPS) is 10.2. The number of nitrogens with one attached hydrogen (secondary N) is 1. The van der Waals surface area contributed by atoms with Crippen molar-refractivity contribution in [1.82, 2.24) is 5.32 Å². The monoisotopic (exact) mass is 331 g/mol. The van der Waals surface area contributed by atoms with Crippen LogP contribution >= 0.6 is 11.8 Å². The van der Waals surface area contributed by atoms with Crippen molar-refractivity contribution in [1.29, 1.82) is 0 Å². The molecule has 0 atom stereocenters. The molecule has 0 radical (unpaired) electrons. The van der Waals surface area contributed by atoms with Crippen LogP contribution in [-0.2, 0) is 0 Å².